The molecular weight excluding hydrogens is 336 g/mol. The molecule has 2 fully saturated rings. The molecule has 2 saturated heterocycles. The normalized spacial score (nSPS) is 28.0. The van der Waals surface area contributed by atoms with Crippen LogP contribution in [0.25, 0.3) is 0 Å². The number of hydrogen-bond acceptors (Lipinski definition) is 6. The van der Waals surface area contributed by atoms with Crippen molar-refractivity contribution in [2.75, 3.05) is 33.9 Å². The second-order valence-electron chi connectivity index (χ2n) is 6.83. The van der Waals surface area contributed by atoms with Crippen LogP contribution in [0.1, 0.15) is 28.5 Å². The first-order chi connectivity index (χ1) is 12.6. The van der Waals surface area contributed by atoms with Gasteiger partial charge in [0.15, 0.2) is 6.39 Å². The summed E-state index contributed by atoms with van der Waals surface area (Å²) in [6.07, 6.45) is 3.31. The van der Waals surface area contributed by atoms with Crippen molar-refractivity contribution in [1.29, 1.82) is 0 Å². The minimum absolute atomic E-state index is 0.176. The maximum absolute atomic E-state index is 12.6. The second-order valence-corrected chi connectivity index (χ2v) is 6.83. The van der Waals surface area contributed by atoms with Gasteiger partial charge >= 0.3 is 0 Å². The predicted octanol–water partition coefficient (Wildman–Crippen LogP) is 2.10. The van der Waals surface area contributed by atoms with Crippen LogP contribution in [-0.4, -0.2) is 61.4 Å². The number of carbonyl (C=O) groups excluding carboxylic acids is 1. The third-order valence-electron chi connectivity index (χ3n) is 5.38. The molecule has 7 heteroatoms. The molecule has 4 rings (SSSR count). The number of amides is 1. The second kappa shape index (κ2) is 6.74. The van der Waals surface area contributed by atoms with Gasteiger partial charge < -0.3 is 23.5 Å². The zero-order chi connectivity index (χ0) is 18.1. The Morgan fingerprint density at radius 2 is 2.27 bits per heavy atom. The smallest absolute Gasteiger partial charge is 0.291 e. The van der Waals surface area contributed by atoms with Crippen LogP contribution >= 0.6 is 0 Å². The van der Waals surface area contributed by atoms with Crippen LogP contribution in [-0.2, 0) is 9.47 Å². The van der Waals surface area contributed by atoms with Crippen LogP contribution in [0.15, 0.2) is 41.3 Å². The Balaban J connectivity index is 1.53. The van der Waals surface area contributed by atoms with Crippen molar-refractivity contribution in [3.8, 4) is 5.75 Å². The van der Waals surface area contributed by atoms with E-state index >= 15 is 0 Å². The first-order valence-electron chi connectivity index (χ1n) is 8.63. The number of hydrogen-bond donors (Lipinski definition) is 0. The molecule has 138 valence electrons. The van der Waals surface area contributed by atoms with Crippen LogP contribution in [0.3, 0.4) is 0 Å². The highest BCUT2D eigenvalue weighted by molar-refractivity contribution is 5.91. The summed E-state index contributed by atoms with van der Waals surface area (Å²) in [6, 6.07) is 8.05. The van der Waals surface area contributed by atoms with Crippen LogP contribution in [0, 0.1) is 0 Å². The van der Waals surface area contributed by atoms with E-state index in [1.54, 1.807) is 19.1 Å². The van der Waals surface area contributed by atoms with Crippen LogP contribution in [0.2, 0.25) is 0 Å². The Hall–Kier alpha value is -2.38. The summed E-state index contributed by atoms with van der Waals surface area (Å²) >= 11 is 0. The maximum atomic E-state index is 12.6. The summed E-state index contributed by atoms with van der Waals surface area (Å²) in [7, 11) is 3.33. The van der Waals surface area contributed by atoms with Gasteiger partial charge in [-0.1, -0.05) is 12.1 Å². The highest BCUT2D eigenvalue weighted by atomic mass is 16.6. The van der Waals surface area contributed by atoms with Crippen molar-refractivity contribution in [3.05, 3.63) is 48.2 Å². The molecule has 0 aliphatic carbocycles. The molecule has 1 aromatic carbocycles. The predicted molar refractivity (Wildman–Crippen MR) is 92.2 cm³/mol. The summed E-state index contributed by atoms with van der Waals surface area (Å²) in [5, 5.41) is 0. The van der Waals surface area contributed by atoms with Gasteiger partial charge in [-0.25, -0.2) is 4.98 Å². The Morgan fingerprint density at radius 3 is 3.00 bits per heavy atom. The number of oxazole rings is 1. The Bertz CT molecular complexity index is 778. The van der Waals surface area contributed by atoms with E-state index in [4.69, 9.17) is 18.6 Å². The number of aromatic nitrogens is 1. The number of nitrogens with zero attached hydrogens (tertiary/aromatic N) is 2. The number of ether oxygens (including phenoxy) is 3. The zero-order valence-electron chi connectivity index (χ0n) is 14.9. The van der Waals surface area contributed by atoms with E-state index in [9.17, 15) is 4.79 Å². The third-order valence-corrected chi connectivity index (χ3v) is 5.38. The number of rotatable bonds is 4. The average molecular weight is 358 g/mol. The van der Waals surface area contributed by atoms with E-state index < -0.39 is 5.60 Å². The molecule has 7 nitrogen and oxygen atoms in total. The SMILES string of the molecule is COc1cccc([C@@H]2CO[C@]3(C2)CN(C(=O)c2cnco2)C[C@H]3OC)c1. The molecule has 2 aliphatic rings. The van der Waals surface area contributed by atoms with Gasteiger partial charge in [0.1, 0.15) is 17.5 Å². The lowest BCUT2D eigenvalue weighted by Gasteiger charge is -2.28. The highest BCUT2D eigenvalue weighted by Gasteiger charge is 2.54. The minimum atomic E-state index is -0.502. The molecule has 0 unspecified atom stereocenters. The van der Waals surface area contributed by atoms with Crippen molar-refractivity contribution >= 4 is 5.91 Å². The summed E-state index contributed by atoms with van der Waals surface area (Å²) in [5.41, 5.74) is 0.675. The molecule has 1 spiro atoms. The standard InChI is InChI=1S/C19H22N2O5/c1-23-15-5-3-4-13(6-15)14-7-19(26-10-14)11-21(9-17(19)24-2)18(22)16-8-20-12-25-16/h3-6,8,12,14,17H,7,9-11H2,1-2H3/t14-,17+,19+/m0/s1. The first-order valence-corrected chi connectivity index (χ1v) is 8.63. The van der Waals surface area contributed by atoms with E-state index in [2.05, 4.69) is 11.1 Å². The maximum Gasteiger partial charge on any atom is 0.291 e. The molecule has 3 heterocycles. The molecule has 2 aromatic rings. The third kappa shape index (κ3) is 2.87. The molecule has 0 bridgehead atoms. The van der Waals surface area contributed by atoms with E-state index in [1.807, 2.05) is 18.2 Å². The van der Waals surface area contributed by atoms with Crippen molar-refractivity contribution < 1.29 is 23.4 Å². The van der Waals surface area contributed by atoms with Gasteiger partial charge in [0, 0.05) is 13.0 Å². The van der Waals surface area contributed by atoms with E-state index in [0.717, 1.165) is 12.2 Å². The van der Waals surface area contributed by atoms with Gasteiger partial charge in [-0.3, -0.25) is 4.79 Å². The summed E-state index contributed by atoms with van der Waals surface area (Å²) < 4.78 is 22.4. The minimum Gasteiger partial charge on any atom is -0.497 e. The molecule has 26 heavy (non-hydrogen) atoms. The van der Waals surface area contributed by atoms with Crippen LogP contribution in [0.5, 0.6) is 5.75 Å². The molecule has 2 aliphatic heterocycles. The molecule has 0 saturated carbocycles. The lowest BCUT2D eigenvalue weighted by Crippen LogP contribution is -2.42. The molecule has 1 aromatic heterocycles. The quantitative estimate of drug-likeness (QED) is 0.833. The zero-order valence-corrected chi connectivity index (χ0v) is 14.9. The Kier molecular flexibility index (Phi) is 4.42. The van der Waals surface area contributed by atoms with Crippen LogP contribution in [0.4, 0.5) is 0 Å². The van der Waals surface area contributed by atoms with E-state index in [1.165, 1.54) is 18.2 Å². The number of methoxy groups -OCH3 is 2. The fraction of sp³-hybridized carbons (Fsp3) is 0.474. The van der Waals surface area contributed by atoms with E-state index in [-0.39, 0.29) is 23.7 Å². The Labute approximate surface area is 151 Å². The van der Waals surface area contributed by atoms with Gasteiger partial charge in [0.05, 0.1) is 33.0 Å². The first kappa shape index (κ1) is 17.1. The molecule has 1 amide bonds. The van der Waals surface area contributed by atoms with E-state index in [0.29, 0.717) is 19.7 Å². The van der Waals surface area contributed by atoms with Crippen molar-refractivity contribution in [2.24, 2.45) is 0 Å². The molecule has 0 N–H and O–H groups in total. The van der Waals surface area contributed by atoms with Crippen molar-refractivity contribution in [1.82, 2.24) is 9.88 Å². The molecule has 3 atom stereocenters. The Morgan fingerprint density at radius 1 is 1.38 bits per heavy atom. The number of likely N-dealkylation sites (tertiary alicyclic amines) is 1. The number of carbonyl (C=O) groups is 1. The topological polar surface area (TPSA) is 74.0 Å². The van der Waals surface area contributed by atoms with Gasteiger partial charge in [-0.2, -0.15) is 0 Å². The van der Waals surface area contributed by atoms with Gasteiger partial charge in [-0.05, 0) is 24.1 Å². The lowest BCUT2D eigenvalue weighted by molar-refractivity contribution is -0.0755. The molecule has 0 radical (unpaired) electrons. The summed E-state index contributed by atoms with van der Waals surface area (Å²) in [4.78, 5) is 18.2. The average Bonchev–Trinajstić information content (AvgIpc) is 3.42. The van der Waals surface area contributed by atoms with Crippen molar-refractivity contribution in [3.63, 3.8) is 0 Å². The monoisotopic (exact) mass is 358 g/mol. The largest absolute Gasteiger partial charge is 0.497 e. The number of benzene rings is 1. The van der Waals surface area contributed by atoms with Crippen molar-refractivity contribution in [2.45, 2.75) is 24.0 Å². The van der Waals surface area contributed by atoms with Crippen LogP contribution < -0.4 is 4.74 Å². The summed E-state index contributed by atoms with van der Waals surface area (Å²) in [5.74, 6) is 1.12. The fourth-order valence-electron chi connectivity index (χ4n) is 4.02. The molecular formula is C19H22N2O5. The summed E-state index contributed by atoms with van der Waals surface area (Å²) in [6.45, 7) is 1.55. The lowest BCUT2D eigenvalue weighted by atomic mass is 9.87. The van der Waals surface area contributed by atoms with Gasteiger partial charge in [0.25, 0.3) is 5.91 Å². The van der Waals surface area contributed by atoms with Gasteiger partial charge in [-0.15, -0.1) is 0 Å². The fourth-order valence-corrected chi connectivity index (χ4v) is 4.02. The highest BCUT2D eigenvalue weighted by Crippen LogP contribution is 2.44. The van der Waals surface area contributed by atoms with Gasteiger partial charge in [0.2, 0.25) is 5.76 Å².